The van der Waals surface area contributed by atoms with Crippen molar-refractivity contribution in [1.29, 1.82) is 0 Å². The molecule has 0 bridgehead atoms. The molecule has 0 aromatic heterocycles. The summed E-state index contributed by atoms with van der Waals surface area (Å²) in [5.41, 5.74) is 6.14. The number of Topliss-reactive ketones (excluding diaryl/α,β-unsaturated/α-hetero) is 1. The van der Waals surface area contributed by atoms with Gasteiger partial charge < -0.3 is 15.2 Å². The summed E-state index contributed by atoms with van der Waals surface area (Å²) >= 11 is 0. The Morgan fingerprint density at radius 2 is 1.74 bits per heavy atom. The molecular formula is C26H24F3NO4. The van der Waals surface area contributed by atoms with Gasteiger partial charge in [-0.3, -0.25) is 4.79 Å². The minimum absolute atomic E-state index is 0.0386. The molecule has 0 saturated heterocycles. The number of hydrogen-bond donors (Lipinski definition) is 1. The van der Waals surface area contributed by atoms with Gasteiger partial charge in [0.1, 0.15) is 17.9 Å². The molecule has 2 aliphatic rings. The predicted octanol–water partition coefficient (Wildman–Crippen LogP) is 5.38. The molecule has 34 heavy (non-hydrogen) atoms. The van der Waals surface area contributed by atoms with Crippen LogP contribution in [0, 0.1) is 5.41 Å². The summed E-state index contributed by atoms with van der Waals surface area (Å²) in [6.07, 6.45) is -3.91. The van der Waals surface area contributed by atoms with Crippen molar-refractivity contribution in [1.82, 2.24) is 0 Å². The van der Waals surface area contributed by atoms with Crippen molar-refractivity contribution in [3.8, 4) is 0 Å². The number of carbonyl (C=O) groups excluding carboxylic acids is 2. The number of alkyl halides is 3. The van der Waals surface area contributed by atoms with Crippen LogP contribution in [0.5, 0.6) is 0 Å². The second-order valence-electron chi connectivity index (χ2n) is 9.27. The second kappa shape index (κ2) is 8.66. The van der Waals surface area contributed by atoms with E-state index in [0.717, 1.165) is 17.7 Å². The standard InChI is InChI=1S/C26H24F3NO4/c1-25(2)12-18(31)21-19(13-25)34-23(30)22(24(32)33-14-15-6-4-3-5-7-15)20(21)16-8-10-17(11-9-16)26(27,28)29/h3-11,20H,12-14,30H2,1-2H3/t20-/m1/s1. The van der Waals surface area contributed by atoms with E-state index in [2.05, 4.69) is 0 Å². The first-order chi connectivity index (χ1) is 16.0. The van der Waals surface area contributed by atoms with Crippen molar-refractivity contribution in [3.63, 3.8) is 0 Å². The van der Waals surface area contributed by atoms with E-state index in [-0.39, 0.29) is 41.3 Å². The number of esters is 1. The van der Waals surface area contributed by atoms with E-state index < -0.39 is 23.6 Å². The topological polar surface area (TPSA) is 78.6 Å². The maximum Gasteiger partial charge on any atom is 0.416 e. The summed E-state index contributed by atoms with van der Waals surface area (Å²) < 4.78 is 50.6. The molecule has 5 nitrogen and oxygen atoms in total. The highest BCUT2D eigenvalue weighted by atomic mass is 19.4. The Kier molecular flexibility index (Phi) is 6.02. The zero-order valence-electron chi connectivity index (χ0n) is 18.7. The lowest BCUT2D eigenvalue weighted by molar-refractivity contribution is -0.141. The fourth-order valence-electron chi connectivity index (χ4n) is 4.38. The Hall–Kier alpha value is -3.55. The molecule has 2 aromatic rings. The molecule has 0 saturated carbocycles. The van der Waals surface area contributed by atoms with Crippen molar-refractivity contribution in [3.05, 3.63) is 94.1 Å². The van der Waals surface area contributed by atoms with Crippen LogP contribution in [0.25, 0.3) is 0 Å². The van der Waals surface area contributed by atoms with Crippen LogP contribution in [0.3, 0.4) is 0 Å². The molecule has 2 N–H and O–H groups in total. The SMILES string of the molecule is CC1(C)CC(=O)C2=C(C1)OC(N)=C(C(=O)OCc1ccccc1)[C@@H]2c1ccc(C(F)(F)F)cc1. The molecule has 1 heterocycles. The number of hydrogen-bond acceptors (Lipinski definition) is 5. The molecule has 2 aromatic carbocycles. The maximum atomic E-state index is 13.2. The average molecular weight is 471 g/mol. The number of ketones is 1. The molecule has 0 unspecified atom stereocenters. The third-order valence-electron chi connectivity index (χ3n) is 5.96. The molecule has 1 aliphatic carbocycles. The van der Waals surface area contributed by atoms with Gasteiger partial charge in [-0.2, -0.15) is 13.2 Å². The van der Waals surface area contributed by atoms with Gasteiger partial charge in [0.25, 0.3) is 0 Å². The summed E-state index contributed by atoms with van der Waals surface area (Å²) in [6, 6.07) is 13.3. The number of benzene rings is 2. The number of carbonyl (C=O) groups is 2. The lowest BCUT2D eigenvalue weighted by atomic mass is 9.70. The third kappa shape index (κ3) is 4.71. The highest BCUT2D eigenvalue weighted by molar-refractivity contribution is 6.03. The van der Waals surface area contributed by atoms with Crippen molar-refractivity contribution >= 4 is 11.8 Å². The highest BCUT2D eigenvalue weighted by Crippen LogP contribution is 2.48. The maximum absolute atomic E-state index is 13.2. The molecule has 178 valence electrons. The summed E-state index contributed by atoms with van der Waals surface area (Å²) in [7, 11) is 0. The zero-order chi connectivity index (χ0) is 24.7. The van der Waals surface area contributed by atoms with Gasteiger partial charge in [-0.1, -0.05) is 56.3 Å². The molecule has 8 heteroatoms. The first-order valence-electron chi connectivity index (χ1n) is 10.8. The zero-order valence-corrected chi connectivity index (χ0v) is 18.7. The number of halogens is 3. The van der Waals surface area contributed by atoms with Crippen molar-refractivity contribution in [2.24, 2.45) is 11.1 Å². The lowest BCUT2D eigenvalue weighted by Crippen LogP contribution is -2.35. The molecule has 0 radical (unpaired) electrons. The highest BCUT2D eigenvalue weighted by Gasteiger charge is 2.45. The summed E-state index contributed by atoms with van der Waals surface area (Å²) in [6.45, 7) is 3.78. The largest absolute Gasteiger partial charge is 0.457 e. The van der Waals surface area contributed by atoms with E-state index in [4.69, 9.17) is 15.2 Å². The fourth-order valence-corrected chi connectivity index (χ4v) is 4.38. The normalized spacial score (nSPS) is 20.0. The molecule has 1 atom stereocenters. The first-order valence-corrected chi connectivity index (χ1v) is 10.8. The summed E-state index contributed by atoms with van der Waals surface area (Å²) in [5, 5.41) is 0. The van der Waals surface area contributed by atoms with Gasteiger partial charge >= 0.3 is 12.1 Å². The van der Waals surface area contributed by atoms with E-state index in [9.17, 15) is 22.8 Å². The molecule has 0 amide bonds. The van der Waals surface area contributed by atoms with E-state index in [0.29, 0.717) is 17.7 Å². The van der Waals surface area contributed by atoms with E-state index >= 15 is 0 Å². The van der Waals surface area contributed by atoms with Gasteiger partial charge in [0, 0.05) is 18.4 Å². The molecule has 0 fully saturated rings. The van der Waals surface area contributed by atoms with Gasteiger partial charge in [-0.05, 0) is 28.7 Å². The number of ether oxygens (including phenoxy) is 2. The minimum Gasteiger partial charge on any atom is -0.457 e. The first kappa shape index (κ1) is 23.6. The Labute approximate surface area is 195 Å². The minimum atomic E-state index is -4.52. The van der Waals surface area contributed by atoms with Gasteiger partial charge in [0.2, 0.25) is 5.88 Å². The van der Waals surface area contributed by atoms with Gasteiger partial charge in [0.05, 0.1) is 11.5 Å². The van der Waals surface area contributed by atoms with Crippen molar-refractivity contribution in [2.75, 3.05) is 0 Å². The quantitative estimate of drug-likeness (QED) is 0.606. The lowest BCUT2D eigenvalue weighted by Gasteiger charge is -2.38. The Morgan fingerprint density at radius 3 is 2.35 bits per heavy atom. The molecular weight excluding hydrogens is 447 g/mol. The van der Waals surface area contributed by atoms with Crippen LogP contribution in [0.2, 0.25) is 0 Å². The molecule has 4 rings (SSSR count). The van der Waals surface area contributed by atoms with Gasteiger partial charge in [0.15, 0.2) is 5.78 Å². The van der Waals surface area contributed by atoms with Crippen LogP contribution in [0.4, 0.5) is 13.2 Å². The second-order valence-corrected chi connectivity index (χ2v) is 9.27. The number of rotatable bonds is 4. The Balaban J connectivity index is 1.75. The average Bonchev–Trinajstić information content (AvgIpc) is 2.76. The Morgan fingerprint density at radius 1 is 1.09 bits per heavy atom. The third-order valence-corrected chi connectivity index (χ3v) is 5.96. The van der Waals surface area contributed by atoms with Crippen molar-refractivity contribution in [2.45, 2.75) is 45.4 Å². The van der Waals surface area contributed by atoms with E-state index in [1.165, 1.54) is 12.1 Å². The Bertz CT molecular complexity index is 1180. The van der Waals surface area contributed by atoms with Crippen LogP contribution >= 0.6 is 0 Å². The monoisotopic (exact) mass is 471 g/mol. The summed E-state index contributed by atoms with van der Waals surface area (Å²) in [4.78, 5) is 26.3. The van der Waals surface area contributed by atoms with Gasteiger partial charge in [-0.15, -0.1) is 0 Å². The number of nitrogens with two attached hydrogens (primary N) is 1. The van der Waals surface area contributed by atoms with Crippen LogP contribution < -0.4 is 5.73 Å². The van der Waals surface area contributed by atoms with Gasteiger partial charge in [-0.25, -0.2) is 4.79 Å². The summed E-state index contributed by atoms with van der Waals surface area (Å²) in [5.74, 6) is -1.90. The fraction of sp³-hybridized carbons (Fsp3) is 0.308. The number of allylic oxidation sites excluding steroid dienone is 2. The van der Waals surface area contributed by atoms with E-state index in [1.54, 1.807) is 24.3 Å². The van der Waals surface area contributed by atoms with Crippen molar-refractivity contribution < 1.29 is 32.2 Å². The van der Waals surface area contributed by atoms with E-state index in [1.807, 2.05) is 19.9 Å². The van der Waals surface area contributed by atoms with Crippen LogP contribution in [-0.4, -0.2) is 11.8 Å². The molecule has 1 aliphatic heterocycles. The van der Waals surface area contributed by atoms with Crippen LogP contribution in [0.1, 0.15) is 49.3 Å². The smallest absolute Gasteiger partial charge is 0.416 e. The van der Waals surface area contributed by atoms with Crippen LogP contribution in [-0.2, 0) is 31.8 Å². The predicted molar refractivity (Wildman–Crippen MR) is 118 cm³/mol. The van der Waals surface area contributed by atoms with Crippen LogP contribution in [0.15, 0.2) is 77.4 Å². The molecule has 0 spiro atoms.